The monoisotopic (exact) mass is 192 g/mol. The van der Waals surface area contributed by atoms with Crippen molar-refractivity contribution in [2.45, 2.75) is 18.6 Å². The van der Waals surface area contributed by atoms with Gasteiger partial charge in [-0.15, -0.1) is 0 Å². The first kappa shape index (κ1) is 10.1. The van der Waals surface area contributed by atoms with Crippen molar-refractivity contribution in [3.63, 3.8) is 0 Å². The Labute approximate surface area is 74.1 Å². The predicted octanol–water partition coefficient (Wildman–Crippen LogP) is 0.653. The molecule has 4 nitrogen and oxygen atoms in total. The maximum Gasteiger partial charge on any atom is 0.505 e. The molecule has 5 heteroatoms. The summed E-state index contributed by atoms with van der Waals surface area (Å²) in [5, 5.41) is 0. The van der Waals surface area contributed by atoms with E-state index < -0.39 is 8.80 Å². The van der Waals surface area contributed by atoms with Crippen LogP contribution in [0.5, 0.6) is 0 Å². The fraction of sp³-hybridized carbons (Fsp3) is 1.00. The molecule has 0 amide bonds. The Morgan fingerprint density at radius 1 is 1.25 bits per heavy atom. The smallest absolute Gasteiger partial charge is 0.377 e. The quantitative estimate of drug-likeness (QED) is 0.474. The van der Waals surface area contributed by atoms with Gasteiger partial charge in [0.2, 0.25) is 0 Å². The minimum atomic E-state index is -2.45. The molecule has 0 N–H and O–H groups in total. The zero-order chi connectivity index (χ0) is 9.19. The van der Waals surface area contributed by atoms with E-state index in [0.717, 1.165) is 6.61 Å². The van der Waals surface area contributed by atoms with Crippen LogP contribution >= 0.6 is 0 Å². The molecule has 1 rings (SSSR count). The summed E-state index contributed by atoms with van der Waals surface area (Å²) in [7, 11) is 2.42. The molecule has 1 fully saturated rings. The molecule has 0 aromatic heterocycles. The van der Waals surface area contributed by atoms with Gasteiger partial charge in [-0.05, 0) is 0 Å². The lowest BCUT2D eigenvalue weighted by molar-refractivity contribution is 0.108. The number of ether oxygens (including phenoxy) is 1. The van der Waals surface area contributed by atoms with E-state index in [-0.39, 0.29) is 11.6 Å². The summed E-state index contributed by atoms with van der Waals surface area (Å²) in [6.07, 6.45) is 0.261. The average molecular weight is 192 g/mol. The first-order valence-electron chi connectivity index (χ1n) is 3.97. The predicted molar refractivity (Wildman–Crippen MR) is 45.9 cm³/mol. The molecule has 2 atom stereocenters. The van der Waals surface area contributed by atoms with E-state index in [4.69, 9.17) is 18.0 Å². The molecule has 0 aliphatic carbocycles. The number of hydrogen-bond acceptors (Lipinski definition) is 4. The maximum absolute atomic E-state index is 5.31. The normalized spacial score (nSPS) is 25.5. The largest absolute Gasteiger partial charge is 0.505 e. The lowest BCUT2D eigenvalue weighted by Gasteiger charge is -2.28. The molecule has 0 aromatic carbocycles. The Morgan fingerprint density at radius 3 is 1.92 bits per heavy atom. The summed E-state index contributed by atoms with van der Waals surface area (Å²) in [6.45, 7) is 2.84. The summed E-state index contributed by atoms with van der Waals surface area (Å²) >= 11 is 0. The van der Waals surface area contributed by atoms with E-state index in [2.05, 4.69) is 0 Å². The van der Waals surface area contributed by atoms with Crippen molar-refractivity contribution >= 4 is 8.80 Å². The highest BCUT2D eigenvalue weighted by atomic mass is 28.4. The van der Waals surface area contributed by atoms with E-state index >= 15 is 0 Å². The van der Waals surface area contributed by atoms with Crippen molar-refractivity contribution in [1.82, 2.24) is 0 Å². The van der Waals surface area contributed by atoms with Gasteiger partial charge >= 0.3 is 8.80 Å². The lowest BCUT2D eigenvalue weighted by Crippen LogP contribution is -2.48. The van der Waals surface area contributed by atoms with Gasteiger partial charge in [-0.2, -0.15) is 0 Å². The van der Waals surface area contributed by atoms with Crippen LogP contribution in [0.25, 0.3) is 0 Å². The third-order valence-corrected chi connectivity index (χ3v) is 5.52. The highest BCUT2D eigenvalue weighted by molar-refractivity contribution is 6.62. The van der Waals surface area contributed by atoms with Crippen LogP contribution < -0.4 is 0 Å². The third-order valence-electron chi connectivity index (χ3n) is 2.33. The fourth-order valence-electron chi connectivity index (χ4n) is 1.38. The lowest BCUT2D eigenvalue weighted by atomic mass is 10.4. The molecule has 1 heterocycles. The second-order valence-electron chi connectivity index (χ2n) is 2.88. The van der Waals surface area contributed by atoms with Gasteiger partial charge in [0.25, 0.3) is 0 Å². The van der Waals surface area contributed by atoms with Crippen LogP contribution in [-0.4, -0.2) is 42.8 Å². The van der Waals surface area contributed by atoms with Crippen molar-refractivity contribution in [3.05, 3.63) is 0 Å². The topological polar surface area (TPSA) is 40.2 Å². The summed E-state index contributed by atoms with van der Waals surface area (Å²) in [5.41, 5.74) is 0.220. The van der Waals surface area contributed by atoms with E-state index in [0.29, 0.717) is 0 Å². The molecule has 2 unspecified atom stereocenters. The zero-order valence-electron chi connectivity index (χ0n) is 7.99. The molecular weight excluding hydrogens is 176 g/mol. The Balaban J connectivity index is 2.60. The molecule has 0 bridgehead atoms. The Kier molecular flexibility index (Phi) is 3.25. The molecule has 1 aliphatic rings. The van der Waals surface area contributed by atoms with Crippen LogP contribution in [0.3, 0.4) is 0 Å². The van der Waals surface area contributed by atoms with Gasteiger partial charge in [0, 0.05) is 21.3 Å². The van der Waals surface area contributed by atoms with E-state index in [1.165, 1.54) is 0 Å². The Hall–Kier alpha value is 0.0569. The standard InChI is InChI=1S/C7H16O4Si/c1-6(7-5-11-7)12(8-2,9-3)10-4/h6-7H,5H2,1-4H3. The molecule has 12 heavy (non-hydrogen) atoms. The second kappa shape index (κ2) is 3.84. The van der Waals surface area contributed by atoms with Gasteiger partial charge in [-0.1, -0.05) is 6.92 Å². The van der Waals surface area contributed by atoms with Crippen LogP contribution in [0.2, 0.25) is 5.54 Å². The SMILES string of the molecule is CO[Si](OC)(OC)C(C)C1CO1. The van der Waals surface area contributed by atoms with Crippen molar-refractivity contribution in [3.8, 4) is 0 Å². The van der Waals surface area contributed by atoms with Crippen molar-refractivity contribution in [1.29, 1.82) is 0 Å². The van der Waals surface area contributed by atoms with Gasteiger partial charge in [-0.25, -0.2) is 0 Å². The van der Waals surface area contributed by atoms with Crippen LogP contribution in [0.4, 0.5) is 0 Å². The van der Waals surface area contributed by atoms with E-state index in [9.17, 15) is 0 Å². The maximum atomic E-state index is 5.31. The van der Waals surface area contributed by atoms with Crippen LogP contribution in [-0.2, 0) is 18.0 Å². The summed E-state index contributed by atoms with van der Waals surface area (Å²) in [6, 6.07) is 0. The number of epoxide rings is 1. The fourth-order valence-corrected chi connectivity index (χ4v) is 3.64. The highest BCUT2D eigenvalue weighted by Gasteiger charge is 2.52. The molecule has 0 radical (unpaired) electrons. The van der Waals surface area contributed by atoms with Gasteiger partial charge in [-0.3, -0.25) is 0 Å². The van der Waals surface area contributed by atoms with Crippen molar-refractivity contribution in [2.24, 2.45) is 0 Å². The third kappa shape index (κ3) is 1.70. The molecule has 1 saturated heterocycles. The van der Waals surface area contributed by atoms with Gasteiger partial charge in [0.15, 0.2) is 0 Å². The zero-order valence-corrected chi connectivity index (χ0v) is 8.99. The van der Waals surface area contributed by atoms with Crippen LogP contribution in [0.15, 0.2) is 0 Å². The minimum absolute atomic E-state index is 0.220. The van der Waals surface area contributed by atoms with Gasteiger partial charge < -0.3 is 18.0 Å². The highest BCUT2D eigenvalue weighted by Crippen LogP contribution is 2.34. The summed E-state index contributed by atoms with van der Waals surface area (Å²) in [4.78, 5) is 0. The van der Waals surface area contributed by atoms with Crippen molar-refractivity contribution in [2.75, 3.05) is 27.9 Å². The van der Waals surface area contributed by atoms with E-state index in [1.807, 2.05) is 6.92 Å². The molecular formula is C7H16O4Si. The Bertz CT molecular complexity index is 136. The molecule has 0 saturated carbocycles. The van der Waals surface area contributed by atoms with Gasteiger partial charge in [0.1, 0.15) is 0 Å². The second-order valence-corrected chi connectivity index (χ2v) is 6.22. The van der Waals surface area contributed by atoms with Crippen LogP contribution in [0.1, 0.15) is 6.92 Å². The molecule has 72 valence electrons. The summed E-state index contributed by atoms with van der Waals surface area (Å²) < 4.78 is 21.1. The van der Waals surface area contributed by atoms with Crippen LogP contribution in [0, 0.1) is 0 Å². The average Bonchev–Trinajstić information content (AvgIpc) is 2.91. The Morgan fingerprint density at radius 2 is 1.67 bits per heavy atom. The first-order chi connectivity index (χ1) is 5.70. The molecule has 0 spiro atoms. The van der Waals surface area contributed by atoms with E-state index in [1.54, 1.807) is 21.3 Å². The minimum Gasteiger partial charge on any atom is -0.377 e. The molecule has 1 aliphatic heterocycles. The van der Waals surface area contributed by atoms with Gasteiger partial charge in [0.05, 0.1) is 18.3 Å². The molecule has 0 aromatic rings. The summed E-state index contributed by atoms with van der Waals surface area (Å²) in [5.74, 6) is 0. The first-order valence-corrected chi connectivity index (χ1v) is 5.77. The number of hydrogen-bond donors (Lipinski definition) is 0. The van der Waals surface area contributed by atoms with Crippen molar-refractivity contribution < 1.29 is 18.0 Å². The number of rotatable bonds is 5.